The van der Waals surface area contributed by atoms with Crippen LogP contribution in [0, 0.1) is 13.8 Å². The van der Waals surface area contributed by atoms with E-state index in [2.05, 4.69) is 5.10 Å². The van der Waals surface area contributed by atoms with Gasteiger partial charge in [-0.25, -0.2) is 9.48 Å². The summed E-state index contributed by atoms with van der Waals surface area (Å²) in [5, 5.41) is 23.4. The first-order valence-electron chi connectivity index (χ1n) is 5.20. The summed E-state index contributed by atoms with van der Waals surface area (Å²) in [6.45, 7) is 3.53. The maximum Gasteiger partial charge on any atom is 0.335 e. The summed E-state index contributed by atoms with van der Waals surface area (Å²) >= 11 is 6.02. The molecule has 5 nitrogen and oxygen atoms in total. The van der Waals surface area contributed by atoms with Crippen LogP contribution in [0.5, 0.6) is 5.75 Å². The van der Waals surface area contributed by atoms with Gasteiger partial charge in [0.2, 0.25) is 0 Å². The van der Waals surface area contributed by atoms with Gasteiger partial charge in [0.05, 0.1) is 22.0 Å². The number of phenolic OH excluding ortho intramolecular Hbond substituents is 1. The van der Waals surface area contributed by atoms with Crippen LogP contribution in [-0.2, 0) is 0 Å². The zero-order chi connectivity index (χ0) is 13.4. The fourth-order valence-electron chi connectivity index (χ4n) is 1.69. The predicted octanol–water partition coefficient (Wildman–Crippen LogP) is 2.55. The van der Waals surface area contributed by atoms with Gasteiger partial charge >= 0.3 is 5.97 Å². The molecule has 94 valence electrons. The Hall–Kier alpha value is -2.01. The second-order valence-corrected chi connectivity index (χ2v) is 4.28. The maximum atomic E-state index is 10.8. The molecule has 0 bridgehead atoms. The van der Waals surface area contributed by atoms with Crippen molar-refractivity contribution in [2.24, 2.45) is 0 Å². The van der Waals surface area contributed by atoms with Gasteiger partial charge in [-0.1, -0.05) is 11.6 Å². The Labute approximate surface area is 108 Å². The van der Waals surface area contributed by atoms with E-state index >= 15 is 0 Å². The molecule has 18 heavy (non-hydrogen) atoms. The van der Waals surface area contributed by atoms with Gasteiger partial charge in [0.1, 0.15) is 11.4 Å². The molecule has 0 fully saturated rings. The number of hydrogen-bond donors (Lipinski definition) is 2. The lowest BCUT2D eigenvalue weighted by Crippen LogP contribution is -2.02. The van der Waals surface area contributed by atoms with E-state index in [1.54, 1.807) is 13.8 Å². The zero-order valence-electron chi connectivity index (χ0n) is 9.81. The number of carbonyl (C=O) groups is 1. The molecule has 0 aliphatic rings. The van der Waals surface area contributed by atoms with Crippen LogP contribution in [0.2, 0.25) is 5.02 Å². The van der Waals surface area contributed by atoms with Crippen LogP contribution in [0.1, 0.15) is 21.7 Å². The van der Waals surface area contributed by atoms with E-state index in [0.717, 1.165) is 0 Å². The Morgan fingerprint density at radius 3 is 2.50 bits per heavy atom. The zero-order valence-corrected chi connectivity index (χ0v) is 10.6. The van der Waals surface area contributed by atoms with Crippen molar-refractivity contribution in [2.45, 2.75) is 13.8 Å². The number of aromatic hydroxyl groups is 1. The van der Waals surface area contributed by atoms with Gasteiger partial charge in [-0.2, -0.15) is 5.10 Å². The predicted molar refractivity (Wildman–Crippen MR) is 66.7 cm³/mol. The van der Waals surface area contributed by atoms with Gasteiger partial charge in [0.15, 0.2) is 0 Å². The molecule has 0 aliphatic carbocycles. The molecular formula is C12H11ClN2O3. The number of benzene rings is 1. The van der Waals surface area contributed by atoms with Crippen molar-refractivity contribution >= 4 is 17.6 Å². The van der Waals surface area contributed by atoms with E-state index in [0.29, 0.717) is 22.1 Å². The lowest BCUT2D eigenvalue weighted by atomic mass is 10.2. The number of hydrogen-bond acceptors (Lipinski definition) is 3. The van der Waals surface area contributed by atoms with Crippen LogP contribution in [0.4, 0.5) is 0 Å². The van der Waals surface area contributed by atoms with E-state index < -0.39 is 5.97 Å². The van der Waals surface area contributed by atoms with E-state index in [1.165, 1.54) is 22.9 Å². The second kappa shape index (κ2) is 4.34. The molecule has 2 aromatic rings. The number of carboxylic acid groups (broad SMARTS) is 1. The summed E-state index contributed by atoms with van der Waals surface area (Å²) in [5.74, 6) is -1.25. The average Bonchev–Trinajstić information content (AvgIpc) is 2.57. The summed E-state index contributed by atoms with van der Waals surface area (Å²) in [6.07, 6.45) is 0. The molecule has 0 saturated heterocycles. The molecule has 0 amide bonds. The van der Waals surface area contributed by atoms with Gasteiger partial charge in [0.25, 0.3) is 0 Å². The van der Waals surface area contributed by atoms with Gasteiger partial charge in [-0.3, -0.25) is 0 Å². The van der Waals surface area contributed by atoms with Crippen molar-refractivity contribution < 1.29 is 15.0 Å². The number of carboxylic acids is 1. The molecule has 6 heteroatoms. The van der Waals surface area contributed by atoms with Crippen molar-refractivity contribution in [3.8, 4) is 11.4 Å². The van der Waals surface area contributed by atoms with Crippen molar-refractivity contribution in [2.75, 3.05) is 0 Å². The first-order chi connectivity index (χ1) is 8.41. The monoisotopic (exact) mass is 266 g/mol. The van der Waals surface area contributed by atoms with Crippen molar-refractivity contribution in [1.82, 2.24) is 9.78 Å². The Morgan fingerprint density at radius 1 is 1.39 bits per heavy atom. The van der Waals surface area contributed by atoms with Crippen molar-refractivity contribution in [3.63, 3.8) is 0 Å². The standard InChI is InChI=1S/C12H11ClN2O3/c1-6-11(13)7(2)15(14-6)9-4-3-8(12(17)18)5-10(9)16/h3-5,16H,1-2H3,(H,17,18). The molecular weight excluding hydrogens is 256 g/mol. The van der Waals surface area contributed by atoms with Crippen molar-refractivity contribution in [3.05, 3.63) is 40.2 Å². The number of nitrogens with zero attached hydrogens (tertiary/aromatic N) is 2. The fraction of sp³-hybridized carbons (Fsp3) is 0.167. The molecule has 1 heterocycles. The van der Waals surface area contributed by atoms with Crippen molar-refractivity contribution in [1.29, 1.82) is 0 Å². The maximum absolute atomic E-state index is 10.8. The van der Waals surface area contributed by atoms with Crippen LogP contribution < -0.4 is 0 Å². The third kappa shape index (κ3) is 1.93. The second-order valence-electron chi connectivity index (χ2n) is 3.91. The SMILES string of the molecule is Cc1nn(-c2ccc(C(=O)O)cc2O)c(C)c1Cl. The summed E-state index contributed by atoms with van der Waals surface area (Å²) in [5.41, 5.74) is 1.75. The minimum absolute atomic E-state index is 0.0175. The van der Waals surface area contributed by atoms with Gasteiger partial charge < -0.3 is 10.2 Å². The average molecular weight is 267 g/mol. The summed E-state index contributed by atoms with van der Waals surface area (Å²) < 4.78 is 1.48. The molecule has 0 radical (unpaired) electrons. The van der Waals surface area contributed by atoms with Crippen LogP contribution in [0.15, 0.2) is 18.2 Å². The van der Waals surface area contributed by atoms with Crippen LogP contribution in [0.3, 0.4) is 0 Å². The van der Waals surface area contributed by atoms with E-state index in [1.807, 2.05) is 0 Å². The first kappa shape index (κ1) is 12.4. The number of halogens is 1. The number of aromatic nitrogens is 2. The fourth-order valence-corrected chi connectivity index (χ4v) is 1.81. The summed E-state index contributed by atoms with van der Waals surface area (Å²) in [7, 11) is 0. The number of aromatic carboxylic acids is 1. The normalized spacial score (nSPS) is 10.6. The first-order valence-corrected chi connectivity index (χ1v) is 5.58. The highest BCUT2D eigenvalue weighted by Gasteiger charge is 2.15. The third-order valence-electron chi connectivity index (χ3n) is 2.65. The Kier molecular flexibility index (Phi) is 3.00. The smallest absolute Gasteiger partial charge is 0.335 e. The van der Waals surface area contributed by atoms with E-state index in [9.17, 15) is 9.90 Å². The minimum Gasteiger partial charge on any atom is -0.506 e. The number of rotatable bonds is 2. The highest BCUT2D eigenvalue weighted by molar-refractivity contribution is 6.31. The van der Waals surface area contributed by atoms with E-state index in [4.69, 9.17) is 16.7 Å². The molecule has 1 aromatic heterocycles. The molecule has 1 aromatic carbocycles. The van der Waals surface area contributed by atoms with Gasteiger partial charge in [0, 0.05) is 0 Å². The van der Waals surface area contributed by atoms with Gasteiger partial charge in [-0.15, -0.1) is 0 Å². The highest BCUT2D eigenvalue weighted by atomic mass is 35.5. The lowest BCUT2D eigenvalue weighted by Gasteiger charge is -2.07. The van der Waals surface area contributed by atoms with Crippen LogP contribution >= 0.6 is 11.6 Å². The van der Waals surface area contributed by atoms with E-state index in [-0.39, 0.29) is 11.3 Å². The van der Waals surface area contributed by atoms with Crippen LogP contribution in [-0.4, -0.2) is 26.0 Å². The molecule has 0 unspecified atom stereocenters. The van der Waals surface area contributed by atoms with Crippen LogP contribution in [0.25, 0.3) is 5.69 Å². The summed E-state index contributed by atoms with van der Waals surface area (Å²) in [4.78, 5) is 10.8. The highest BCUT2D eigenvalue weighted by Crippen LogP contribution is 2.28. The molecule has 2 N–H and O–H groups in total. The molecule has 2 rings (SSSR count). The molecule has 0 atom stereocenters. The quantitative estimate of drug-likeness (QED) is 0.876. The van der Waals surface area contributed by atoms with Gasteiger partial charge in [-0.05, 0) is 32.0 Å². The number of phenols is 1. The third-order valence-corrected chi connectivity index (χ3v) is 3.20. The number of aryl methyl sites for hydroxylation is 1. The minimum atomic E-state index is -1.09. The topological polar surface area (TPSA) is 75.4 Å². The Balaban J connectivity index is 2.58. The Bertz CT molecular complexity index is 634. The Morgan fingerprint density at radius 2 is 2.06 bits per heavy atom. The molecule has 0 spiro atoms. The molecule has 0 saturated carbocycles. The lowest BCUT2D eigenvalue weighted by molar-refractivity contribution is 0.0696. The summed E-state index contributed by atoms with van der Waals surface area (Å²) in [6, 6.07) is 4.08. The molecule has 0 aliphatic heterocycles. The largest absolute Gasteiger partial charge is 0.506 e.